The summed E-state index contributed by atoms with van der Waals surface area (Å²) >= 11 is 10.5. The van der Waals surface area contributed by atoms with E-state index in [2.05, 4.69) is 0 Å². The van der Waals surface area contributed by atoms with Crippen molar-refractivity contribution in [1.82, 2.24) is 0 Å². The van der Waals surface area contributed by atoms with E-state index in [-0.39, 0.29) is 0 Å². The Bertz CT molecular complexity index is 394. The van der Waals surface area contributed by atoms with Gasteiger partial charge in [-0.15, -0.1) is 0 Å². The molecule has 5 rings (SSSR count). The molecule has 5 aliphatic carbocycles. The van der Waals surface area contributed by atoms with Crippen molar-refractivity contribution in [3.05, 3.63) is 0 Å². The Morgan fingerprint density at radius 2 is 1.76 bits per heavy atom. The fraction of sp³-hybridized carbons (Fsp3) is 1.00. The zero-order valence-electron chi connectivity index (χ0n) is 10.3. The van der Waals surface area contributed by atoms with Gasteiger partial charge in [-0.05, 0) is 74.0 Å². The van der Waals surface area contributed by atoms with E-state index < -0.39 is 0 Å². The lowest BCUT2D eigenvalue weighted by atomic mass is 9.63. The molecule has 94 valence electrons. The first-order chi connectivity index (χ1) is 8.15. The Morgan fingerprint density at radius 3 is 2.65 bits per heavy atom. The van der Waals surface area contributed by atoms with Crippen LogP contribution in [0.2, 0.25) is 0 Å². The van der Waals surface area contributed by atoms with Gasteiger partial charge < -0.3 is 0 Å². The van der Waals surface area contributed by atoms with Gasteiger partial charge in [0.2, 0.25) is 0 Å². The van der Waals surface area contributed by atoms with Crippen molar-refractivity contribution >= 4 is 25.3 Å². The maximum atomic E-state index is 5.34. The Balaban J connectivity index is 1.67. The summed E-state index contributed by atoms with van der Waals surface area (Å²) in [5.41, 5.74) is 0. The lowest BCUT2D eigenvalue weighted by Crippen LogP contribution is -2.54. The van der Waals surface area contributed by atoms with Gasteiger partial charge in [0.1, 0.15) is 0 Å². The Morgan fingerprint density at radius 1 is 0.941 bits per heavy atom. The second-order valence-corrected chi connectivity index (χ2v) is 9.25. The average molecular weight is 266 g/mol. The van der Waals surface area contributed by atoms with Crippen LogP contribution in [0.3, 0.4) is 0 Å². The van der Waals surface area contributed by atoms with E-state index >= 15 is 0 Å². The van der Waals surface area contributed by atoms with Crippen LogP contribution >= 0.6 is 25.3 Å². The Kier molecular flexibility index (Phi) is 1.79. The molecule has 0 aromatic rings. The lowest BCUT2D eigenvalue weighted by molar-refractivity contribution is 0.106. The molecule has 0 N–H and O–H groups in total. The molecule has 8 unspecified atom stereocenters. The Hall–Kier alpha value is 0.700. The van der Waals surface area contributed by atoms with Crippen LogP contribution in [-0.4, -0.2) is 9.49 Å². The highest BCUT2D eigenvalue weighted by Crippen LogP contribution is 2.78. The summed E-state index contributed by atoms with van der Waals surface area (Å²) in [4.78, 5) is 0. The van der Waals surface area contributed by atoms with Gasteiger partial charge in [0.05, 0.1) is 0 Å². The smallest absolute Gasteiger partial charge is 0.0338 e. The quantitative estimate of drug-likeness (QED) is 0.483. The summed E-state index contributed by atoms with van der Waals surface area (Å²) < 4.78 is 0.633. The summed E-state index contributed by atoms with van der Waals surface area (Å²) in [5, 5.41) is 0. The molecule has 2 heteroatoms. The molecule has 5 fully saturated rings. The largest absolute Gasteiger partial charge is 0.171 e. The monoisotopic (exact) mass is 266 g/mol. The minimum Gasteiger partial charge on any atom is -0.171 e. The van der Waals surface area contributed by atoms with Gasteiger partial charge in [0, 0.05) is 9.49 Å². The van der Waals surface area contributed by atoms with Gasteiger partial charge in [-0.2, -0.15) is 25.3 Å². The van der Waals surface area contributed by atoms with E-state index in [9.17, 15) is 0 Å². The topological polar surface area (TPSA) is 0 Å². The van der Waals surface area contributed by atoms with Crippen LogP contribution in [0.15, 0.2) is 0 Å². The molecule has 0 aliphatic heterocycles. The zero-order valence-corrected chi connectivity index (χ0v) is 12.1. The molecule has 0 heterocycles. The standard InChI is InChI=1S/C15H22S2/c16-14-5-4-8(7-14)13-11-6-12(15(13,14)17)10-3-1-2-9(10)11/h8-13,16-17H,1-7H2. The van der Waals surface area contributed by atoms with Crippen LogP contribution in [0.4, 0.5) is 0 Å². The first kappa shape index (κ1) is 10.5. The minimum absolute atomic E-state index is 0.304. The molecule has 0 saturated heterocycles. The predicted molar refractivity (Wildman–Crippen MR) is 76.7 cm³/mol. The molecule has 17 heavy (non-hydrogen) atoms. The van der Waals surface area contributed by atoms with Crippen molar-refractivity contribution in [2.45, 2.75) is 54.4 Å². The van der Waals surface area contributed by atoms with Gasteiger partial charge in [-0.25, -0.2) is 0 Å². The maximum Gasteiger partial charge on any atom is 0.0338 e. The van der Waals surface area contributed by atoms with Crippen LogP contribution in [0, 0.1) is 35.5 Å². The molecule has 4 bridgehead atoms. The van der Waals surface area contributed by atoms with Crippen LogP contribution in [0.5, 0.6) is 0 Å². The third-order valence-electron chi connectivity index (χ3n) is 7.53. The number of hydrogen-bond donors (Lipinski definition) is 2. The van der Waals surface area contributed by atoms with Crippen LogP contribution in [0.25, 0.3) is 0 Å². The summed E-state index contributed by atoms with van der Waals surface area (Å²) in [6, 6.07) is 0. The highest BCUT2D eigenvalue weighted by Gasteiger charge is 2.76. The molecular formula is C15H22S2. The van der Waals surface area contributed by atoms with Gasteiger partial charge in [0.25, 0.3) is 0 Å². The third kappa shape index (κ3) is 0.918. The molecule has 0 aromatic carbocycles. The normalized spacial score (nSPS) is 70.9. The van der Waals surface area contributed by atoms with Crippen molar-refractivity contribution in [2.75, 3.05) is 0 Å². The number of rotatable bonds is 0. The van der Waals surface area contributed by atoms with E-state index in [0.29, 0.717) is 9.49 Å². The van der Waals surface area contributed by atoms with E-state index in [1.54, 1.807) is 6.42 Å². The van der Waals surface area contributed by atoms with E-state index in [1.165, 1.54) is 38.5 Å². The molecule has 5 saturated carbocycles. The first-order valence-corrected chi connectivity index (χ1v) is 8.49. The molecule has 8 atom stereocenters. The summed E-state index contributed by atoms with van der Waals surface area (Å²) in [5.74, 6) is 6.04. The van der Waals surface area contributed by atoms with Crippen LogP contribution in [-0.2, 0) is 0 Å². The number of hydrogen-bond acceptors (Lipinski definition) is 2. The minimum atomic E-state index is 0.304. The van der Waals surface area contributed by atoms with Crippen molar-refractivity contribution in [2.24, 2.45) is 35.5 Å². The molecule has 0 spiro atoms. The van der Waals surface area contributed by atoms with E-state index in [1.807, 2.05) is 0 Å². The predicted octanol–water partition coefficient (Wildman–Crippen LogP) is 3.82. The zero-order chi connectivity index (χ0) is 11.4. The van der Waals surface area contributed by atoms with Crippen molar-refractivity contribution < 1.29 is 0 Å². The molecular weight excluding hydrogens is 244 g/mol. The number of fused-ring (bicyclic) bond motifs is 12. The summed E-state index contributed by atoms with van der Waals surface area (Å²) in [6.45, 7) is 0. The highest BCUT2D eigenvalue weighted by molar-refractivity contribution is 7.86. The van der Waals surface area contributed by atoms with Crippen molar-refractivity contribution in [3.8, 4) is 0 Å². The molecule has 0 amide bonds. The lowest BCUT2D eigenvalue weighted by Gasteiger charge is -2.52. The summed E-state index contributed by atoms with van der Waals surface area (Å²) in [7, 11) is 0. The SMILES string of the molecule is SC12CCC(C1)C1C3CC(C4CCCC43)C12S. The molecule has 5 aliphatic rings. The maximum absolute atomic E-state index is 5.34. The molecule has 0 nitrogen and oxygen atoms in total. The van der Waals surface area contributed by atoms with Gasteiger partial charge in [-0.3, -0.25) is 0 Å². The van der Waals surface area contributed by atoms with Crippen LogP contribution < -0.4 is 0 Å². The molecule has 0 radical (unpaired) electrons. The second-order valence-electron chi connectivity index (χ2n) is 7.65. The van der Waals surface area contributed by atoms with Gasteiger partial charge in [0.15, 0.2) is 0 Å². The third-order valence-corrected chi connectivity index (χ3v) is 9.54. The second kappa shape index (κ2) is 2.90. The number of thiol groups is 2. The first-order valence-electron chi connectivity index (χ1n) is 7.60. The fourth-order valence-electron chi connectivity index (χ4n) is 7.28. The van der Waals surface area contributed by atoms with Gasteiger partial charge in [-0.1, -0.05) is 6.42 Å². The Labute approximate surface area is 115 Å². The van der Waals surface area contributed by atoms with Crippen LogP contribution in [0.1, 0.15) is 44.9 Å². The van der Waals surface area contributed by atoms with Gasteiger partial charge >= 0.3 is 0 Å². The average Bonchev–Trinajstić information content (AvgIpc) is 2.95. The van der Waals surface area contributed by atoms with Crippen molar-refractivity contribution in [1.29, 1.82) is 0 Å². The van der Waals surface area contributed by atoms with E-state index in [0.717, 1.165) is 35.5 Å². The van der Waals surface area contributed by atoms with E-state index in [4.69, 9.17) is 25.3 Å². The fourth-order valence-corrected chi connectivity index (χ4v) is 8.86. The summed E-state index contributed by atoms with van der Waals surface area (Å²) in [6.07, 6.45) is 10.3. The molecule has 0 aromatic heterocycles. The highest BCUT2D eigenvalue weighted by atomic mass is 32.1. The van der Waals surface area contributed by atoms with Crippen molar-refractivity contribution in [3.63, 3.8) is 0 Å².